The summed E-state index contributed by atoms with van der Waals surface area (Å²) in [5.41, 5.74) is 2.21. The number of piperidine rings is 1. The minimum absolute atomic E-state index is 0.102. The van der Waals surface area contributed by atoms with Crippen LogP contribution in [0.2, 0.25) is 0 Å². The van der Waals surface area contributed by atoms with Crippen molar-refractivity contribution in [2.24, 2.45) is 0 Å². The summed E-state index contributed by atoms with van der Waals surface area (Å²) in [5.74, 6) is 1.06. The van der Waals surface area contributed by atoms with Gasteiger partial charge >= 0.3 is 0 Å². The largest absolute Gasteiger partial charge is 0.356 e. The summed E-state index contributed by atoms with van der Waals surface area (Å²) < 4.78 is 18.5. The molecule has 1 aliphatic rings. The molecule has 1 amide bonds. The Hall–Kier alpha value is -3.03. The zero-order valence-corrected chi connectivity index (χ0v) is 17.2. The lowest BCUT2D eigenvalue weighted by Crippen LogP contribution is -2.31. The van der Waals surface area contributed by atoms with Gasteiger partial charge in [0.1, 0.15) is 22.8 Å². The van der Waals surface area contributed by atoms with Crippen molar-refractivity contribution >= 4 is 22.8 Å². The van der Waals surface area contributed by atoms with Crippen molar-refractivity contribution in [1.29, 1.82) is 0 Å². The highest BCUT2D eigenvalue weighted by molar-refractivity contribution is 5.88. The molecule has 3 aromatic rings. The Labute approximate surface area is 174 Å². The second-order valence-electron chi connectivity index (χ2n) is 7.58. The smallest absolute Gasteiger partial charge is 0.263 e. The first-order valence-electron chi connectivity index (χ1n) is 10.6. The van der Waals surface area contributed by atoms with E-state index in [4.69, 9.17) is 9.51 Å². The van der Waals surface area contributed by atoms with Gasteiger partial charge in [0.05, 0.1) is 5.69 Å². The Balaban J connectivity index is 1.45. The van der Waals surface area contributed by atoms with Crippen LogP contribution >= 0.6 is 0 Å². The van der Waals surface area contributed by atoms with Crippen LogP contribution in [0, 0.1) is 5.82 Å². The van der Waals surface area contributed by atoms with Crippen LogP contribution in [0.15, 0.2) is 28.8 Å². The van der Waals surface area contributed by atoms with E-state index in [2.05, 4.69) is 20.4 Å². The third kappa shape index (κ3) is 4.58. The zero-order valence-electron chi connectivity index (χ0n) is 17.2. The molecule has 3 heterocycles. The number of halogens is 1. The van der Waals surface area contributed by atoms with Crippen LogP contribution in [0.1, 0.15) is 49.7 Å². The summed E-state index contributed by atoms with van der Waals surface area (Å²) >= 11 is 0. The molecule has 7 nitrogen and oxygen atoms in total. The molecule has 8 heteroatoms. The molecule has 0 aliphatic carbocycles. The minimum atomic E-state index is -0.291. The maximum absolute atomic E-state index is 13.0. The molecule has 0 atom stereocenters. The number of rotatable bonds is 7. The number of benzene rings is 1. The summed E-state index contributed by atoms with van der Waals surface area (Å²) in [6.45, 7) is 4.31. The maximum atomic E-state index is 13.0. The molecule has 1 N–H and O–H groups in total. The third-order valence-corrected chi connectivity index (χ3v) is 5.40. The standard InChI is InChI=1S/C22H26FN5O2/c1-2-17-20-21(28-12-4-3-5-13-28)25-18(26-22(20)30-27-17)10-11-19(29)24-14-15-6-8-16(23)9-7-15/h6-9H,2-5,10-14H2,1H3,(H,24,29). The maximum Gasteiger partial charge on any atom is 0.263 e. The number of fused-ring (bicyclic) bond motifs is 1. The van der Waals surface area contributed by atoms with Gasteiger partial charge in [0.25, 0.3) is 5.71 Å². The molecular formula is C22H26FN5O2. The van der Waals surface area contributed by atoms with E-state index in [-0.39, 0.29) is 18.1 Å². The number of aryl methyl sites for hydroxylation is 2. The van der Waals surface area contributed by atoms with Gasteiger partial charge in [-0.25, -0.2) is 9.37 Å². The fourth-order valence-electron chi connectivity index (χ4n) is 3.74. The van der Waals surface area contributed by atoms with Crippen molar-refractivity contribution in [2.75, 3.05) is 18.0 Å². The molecule has 0 bridgehead atoms. The first kappa shape index (κ1) is 20.3. The lowest BCUT2D eigenvalue weighted by Gasteiger charge is -2.28. The number of carbonyl (C=O) groups excluding carboxylic acids is 1. The predicted molar refractivity (Wildman–Crippen MR) is 112 cm³/mol. The number of aromatic nitrogens is 3. The van der Waals surface area contributed by atoms with Gasteiger partial charge in [-0.1, -0.05) is 24.2 Å². The molecule has 0 radical (unpaired) electrons. The molecule has 1 saturated heterocycles. The number of anilines is 1. The predicted octanol–water partition coefficient (Wildman–Crippen LogP) is 3.56. The molecule has 1 aromatic carbocycles. The van der Waals surface area contributed by atoms with Gasteiger partial charge in [-0.2, -0.15) is 4.98 Å². The van der Waals surface area contributed by atoms with E-state index in [1.165, 1.54) is 18.6 Å². The highest BCUT2D eigenvalue weighted by atomic mass is 19.1. The van der Waals surface area contributed by atoms with Crippen LogP contribution in [0.3, 0.4) is 0 Å². The first-order valence-corrected chi connectivity index (χ1v) is 10.6. The highest BCUT2D eigenvalue weighted by Gasteiger charge is 2.22. The van der Waals surface area contributed by atoms with Crippen LogP contribution in [-0.4, -0.2) is 34.1 Å². The van der Waals surface area contributed by atoms with Crippen LogP contribution in [0.5, 0.6) is 0 Å². The van der Waals surface area contributed by atoms with Crippen molar-refractivity contribution in [2.45, 2.75) is 52.0 Å². The number of nitrogens with one attached hydrogen (secondary N) is 1. The van der Waals surface area contributed by atoms with E-state index in [0.717, 1.165) is 54.8 Å². The Bertz CT molecular complexity index is 1010. The van der Waals surface area contributed by atoms with E-state index >= 15 is 0 Å². The van der Waals surface area contributed by atoms with Crippen LogP contribution in [-0.2, 0) is 24.2 Å². The zero-order chi connectivity index (χ0) is 20.9. The number of amides is 1. The van der Waals surface area contributed by atoms with Crippen molar-refractivity contribution in [3.05, 3.63) is 47.2 Å². The normalized spacial score (nSPS) is 14.3. The number of hydrogen-bond donors (Lipinski definition) is 1. The fraction of sp³-hybridized carbons (Fsp3) is 0.455. The Morgan fingerprint density at radius 1 is 1.17 bits per heavy atom. The SMILES string of the molecule is CCc1noc2nc(CCC(=O)NCc3ccc(F)cc3)nc(N3CCCCC3)c12. The summed E-state index contributed by atoms with van der Waals surface area (Å²) in [5, 5.41) is 7.91. The number of hydrogen-bond acceptors (Lipinski definition) is 6. The Morgan fingerprint density at radius 2 is 1.93 bits per heavy atom. The van der Waals surface area contributed by atoms with Gasteiger partial charge < -0.3 is 14.7 Å². The molecule has 1 aliphatic heterocycles. The van der Waals surface area contributed by atoms with Gasteiger partial charge in [-0.15, -0.1) is 0 Å². The number of nitrogens with zero attached hydrogens (tertiary/aromatic N) is 4. The monoisotopic (exact) mass is 411 g/mol. The highest BCUT2D eigenvalue weighted by Crippen LogP contribution is 2.29. The molecule has 0 saturated carbocycles. The average molecular weight is 411 g/mol. The Kier molecular flexibility index (Phi) is 6.21. The van der Waals surface area contributed by atoms with E-state index in [1.54, 1.807) is 12.1 Å². The Morgan fingerprint density at radius 3 is 2.67 bits per heavy atom. The summed E-state index contributed by atoms with van der Waals surface area (Å²) in [6.07, 6.45) is 4.94. The van der Waals surface area contributed by atoms with Crippen molar-refractivity contribution < 1.29 is 13.7 Å². The summed E-state index contributed by atoms with van der Waals surface area (Å²) in [6, 6.07) is 6.09. The lowest BCUT2D eigenvalue weighted by atomic mass is 10.1. The van der Waals surface area contributed by atoms with Crippen molar-refractivity contribution in [3.63, 3.8) is 0 Å². The molecule has 158 valence electrons. The molecule has 2 aromatic heterocycles. The summed E-state index contributed by atoms with van der Waals surface area (Å²) in [7, 11) is 0. The molecule has 4 rings (SSSR count). The summed E-state index contributed by atoms with van der Waals surface area (Å²) in [4.78, 5) is 23.9. The van der Waals surface area contributed by atoms with Gasteiger partial charge in [-0.3, -0.25) is 4.79 Å². The quantitative estimate of drug-likeness (QED) is 0.640. The average Bonchev–Trinajstić information content (AvgIpc) is 3.20. The lowest BCUT2D eigenvalue weighted by molar-refractivity contribution is -0.121. The van der Waals surface area contributed by atoms with Crippen LogP contribution < -0.4 is 10.2 Å². The molecule has 0 unspecified atom stereocenters. The van der Waals surface area contributed by atoms with E-state index in [0.29, 0.717) is 24.5 Å². The van der Waals surface area contributed by atoms with Crippen molar-refractivity contribution in [1.82, 2.24) is 20.4 Å². The van der Waals surface area contributed by atoms with E-state index in [1.807, 2.05) is 6.92 Å². The van der Waals surface area contributed by atoms with E-state index < -0.39 is 0 Å². The second-order valence-corrected chi connectivity index (χ2v) is 7.58. The second kappa shape index (κ2) is 9.19. The first-order chi connectivity index (χ1) is 14.6. The minimum Gasteiger partial charge on any atom is -0.356 e. The van der Waals surface area contributed by atoms with Crippen LogP contribution in [0.4, 0.5) is 10.2 Å². The van der Waals surface area contributed by atoms with Gasteiger partial charge in [-0.05, 0) is 43.4 Å². The molecule has 30 heavy (non-hydrogen) atoms. The van der Waals surface area contributed by atoms with Crippen LogP contribution in [0.25, 0.3) is 11.1 Å². The van der Waals surface area contributed by atoms with Gasteiger partial charge in [0.15, 0.2) is 0 Å². The van der Waals surface area contributed by atoms with Crippen molar-refractivity contribution in [3.8, 4) is 0 Å². The van der Waals surface area contributed by atoms with Gasteiger partial charge in [0.2, 0.25) is 5.91 Å². The van der Waals surface area contributed by atoms with E-state index in [9.17, 15) is 9.18 Å². The third-order valence-electron chi connectivity index (χ3n) is 5.40. The number of carbonyl (C=O) groups is 1. The molecule has 0 spiro atoms. The fourth-order valence-corrected chi connectivity index (χ4v) is 3.74. The van der Waals surface area contributed by atoms with Gasteiger partial charge in [0, 0.05) is 32.5 Å². The molecular weight excluding hydrogens is 385 g/mol. The topological polar surface area (TPSA) is 84.1 Å². The molecule has 1 fully saturated rings.